The molecule has 5 heteroatoms. The number of rotatable bonds is 5. The molecule has 1 unspecified atom stereocenters. The van der Waals surface area contributed by atoms with Crippen LogP contribution in [0, 0.1) is 0 Å². The molecule has 0 radical (unpaired) electrons. The van der Waals surface area contributed by atoms with Gasteiger partial charge in [-0.2, -0.15) is 0 Å². The third-order valence-electron chi connectivity index (χ3n) is 3.44. The van der Waals surface area contributed by atoms with Gasteiger partial charge in [0.2, 0.25) is 5.91 Å². The van der Waals surface area contributed by atoms with E-state index in [1.165, 1.54) is 22.9 Å². The SMILES string of the molecule is CC(CC(=O)O)SCC(=O)N1CCc2ccccc2C1. The van der Waals surface area contributed by atoms with Crippen molar-refractivity contribution in [2.45, 2.75) is 31.6 Å². The monoisotopic (exact) mass is 293 g/mol. The van der Waals surface area contributed by atoms with Gasteiger partial charge in [-0.3, -0.25) is 9.59 Å². The molecule has 4 nitrogen and oxygen atoms in total. The summed E-state index contributed by atoms with van der Waals surface area (Å²) in [5.41, 5.74) is 2.54. The number of carbonyl (C=O) groups excluding carboxylic acids is 1. The Bertz CT molecular complexity index is 504. The second-order valence-corrected chi connectivity index (χ2v) is 6.48. The highest BCUT2D eigenvalue weighted by atomic mass is 32.2. The van der Waals surface area contributed by atoms with Crippen LogP contribution in [0.15, 0.2) is 24.3 Å². The van der Waals surface area contributed by atoms with Gasteiger partial charge in [-0.15, -0.1) is 11.8 Å². The van der Waals surface area contributed by atoms with Crippen molar-refractivity contribution in [2.75, 3.05) is 12.3 Å². The number of benzene rings is 1. The molecule has 1 atom stereocenters. The average molecular weight is 293 g/mol. The maximum atomic E-state index is 12.2. The average Bonchev–Trinajstić information content (AvgIpc) is 2.43. The highest BCUT2D eigenvalue weighted by molar-refractivity contribution is 8.00. The largest absolute Gasteiger partial charge is 0.481 e. The first-order valence-electron chi connectivity index (χ1n) is 6.74. The third-order valence-corrected chi connectivity index (χ3v) is 4.59. The second-order valence-electron chi connectivity index (χ2n) is 5.05. The highest BCUT2D eigenvalue weighted by Gasteiger charge is 2.21. The number of fused-ring (bicyclic) bond motifs is 1. The van der Waals surface area contributed by atoms with Gasteiger partial charge in [0.1, 0.15) is 0 Å². The smallest absolute Gasteiger partial charge is 0.304 e. The van der Waals surface area contributed by atoms with Crippen LogP contribution in [-0.4, -0.2) is 39.4 Å². The summed E-state index contributed by atoms with van der Waals surface area (Å²) in [6.07, 6.45) is 0.998. The Kier molecular flexibility index (Phi) is 5.06. The molecule has 20 heavy (non-hydrogen) atoms. The normalized spacial score (nSPS) is 15.6. The fourth-order valence-corrected chi connectivity index (χ4v) is 3.19. The van der Waals surface area contributed by atoms with Gasteiger partial charge in [-0.1, -0.05) is 31.2 Å². The zero-order valence-corrected chi connectivity index (χ0v) is 12.4. The van der Waals surface area contributed by atoms with Gasteiger partial charge >= 0.3 is 5.97 Å². The number of amides is 1. The lowest BCUT2D eigenvalue weighted by Gasteiger charge is -2.29. The van der Waals surface area contributed by atoms with Crippen molar-refractivity contribution in [3.63, 3.8) is 0 Å². The van der Waals surface area contributed by atoms with Gasteiger partial charge in [0.15, 0.2) is 0 Å². The Hall–Kier alpha value is -1.49. The molecule has 1 aliphatic rings. The van der Waals surface area contributed by atoms with Crippen LogP contribution in [0.2, 0.25) is 0 Å². The summed E-state index contributed by atoms with van der Waals surface area (Å²) < 4.78 is 0. The van der Waals surface area contributed by atoms with Gasteiger partial charge in [0, 0.05) is 18.3 Å². The molecular formula is C15H19NO3S. The summed E-state index contributed by atoms with van der Waals surface area (Å²) in [7, 11) is 0. The molecule has 1 heterocycles. The molecule has 0 aliphatic carbocycles. The van der Waals surface area contributed by atoms with E-state index in [2.05, 4.69) is 12.1 Å². The summed E-state index contributed by atoms with van der Waals surface area (Å²) in [5.74, 6) is -0.359. The van der Waals surface area contributed by atoms with Crippen molar-refractivity contribution in [2.24, 2.45) is 0 Å². The molecule has 1 aromatic carbocycles. The third kappa shape index (κ3) is 4.00. The number of aliphatic carboxylic acids is 1. The lowest BCUT2D eigenvalue weighted by molar-refractivity contribution is -0.137. The number of carboxylic acids is 1. The number of hydrogen-bond donors (Lipinski definition) is 1. The van der Waals surface area contributed by atoms with Gasteiger partial charge in [-0.25, -0.2) is 0 Å². The van der Waals surface area contributed by atoms with Crippen LogP contribution in [0.3, 0.4) is 0 Å². The van der Waals surface area contributed by atoms with Gasteiger partial charge in [0.05, 0.1) is 12.2 Å². The zero-order valence-electron chi connectivity index (χ0n) is 11.5. The number of carbonyl (C=O) groups is 2. The Labute approximate surface area is 123 Å². The first kappa shape index (κ1) is 14.9. The van der Waals surface area contributed by atoms with E-state index in [0.717, 1.165) is 13.0 Å². The van der Waals surface area contributed by atoms with E-state index in [-0.39, 0.29) is 17.6 Å². The Balaban J connectivity index is 1.84. The highest BCUT2D eigenvalue weighted by Crippen LogP contribution is 2.20. The minimum Gasteiger partial charge on any atom is -0.481 e. The van der Waals surface area contributed by atoms with Crippen LogP contribution in [0.4, 0.5) is 0 Å². The molecule has 1 amide bonds. The van der Waals surface area contributed by atoms with Crippen molar-refractivity contribution in [1.29, 1.82) is 0 Å². The van der Waals surface area contributed by atoms with E-state index in [1.54, 1.807) is 0 Å². The molecule has 1 N–H and O–H groups in total. The van der Waals surface area contributed by atoms with Crippen LogP contribution in [-0.2, 0) is 22.6 Å². The molecule has 0 fully saturated rings. The van der Waals surface area contributed by atoms with E-state index >= 15 is 0 Å². The summed E-state index contributed by atoms with van der Waals surface area (Å²) in [6.45, 7) is 3.27. The summed E-state index contributed by atoms with van der Waals surface area (Å²) in [5, 5.41) is 8.66. The Morgan fingerprint density at radius 3 is 2.75 bits per heavy atom. The van der Waals surface area contributed by atoms with Crippen molar-refractivity contribution >= 4 is 23.6 Å². The van der Waals surface area contributed by atoms with E-state index in [4.69, 9.17) is 5.11 Å². The van der Waals surface area contributed by atoms with E-state index < -0.39 is 5.97 Å². The van der Waals surface area contributed by atoms with Crippen molar-refractivity contribution in [3.05, 3.63) is 35.4 Å². The standard InChI is InChI=1S/C15H19NO3S/c1-11(8-15(18)19)20-10-14(17)16-7-6-12-4-2-3-5-13(12)9-16/h2-5,11H,6-10H2,1H3,(H,18,19). The van der Waals surface area contributed by atoms with Crippen molar-refractivity contribution in [1.82, 2.24) is 4.90 Å². The van der Waals surface area contributed by atoms with Crippen molar-refractivity contribution < 1.29 is 14.7 Å². The molecule has 108 valence electrons. The maximum absolute atomic E-state index is 12.2. The predicted molar refractivity (Wildman–Crippen MR) is 79.7 cm³/mol. The number of thioether (sulfide) groups is 1. The summed E-state index contributed by atoms with van der Waals surface area (Å²) in [6, 6.07) is 8.20. The van der Waals surface area contributed by atoms with Crippen LogP contribution in [0.25, 0.3) is 0 Å². The fourth-order valence-electron chi connectivity index (χ4n) is 2.32. The Morgan fingerprint density at radius 2 is 2.05 bits per heavy atom. The topological polar surface area (TPSA) is 57.6 Å². The molecule has 1 aliphatic heterocycles. The quantitative estimate of drug-likeness (QED) is 0.904. The Morgan fingerprint density at radius 1 is 1.35 bits per heavy atom. The zero-order chi connectivity index (χ0) is 14.5. The first-order valence-corrected chi connectivity index (χ1v) is 7.79. The molecule has 0 spiro atoms. The van der Waals surface area contributed by atoms with Gasteiger partial charge < -0.3 is 10.0 Å². The van der Waals surface area contributed by atoms with Crippen LogP contribution in [0.5, 0.6) is 0 Å². The van der Waals surface area contributed by atoms with E-state index in [1.807, 2.05) is 24.0 Å². The fraction of sp³-hybridized carbons (Fsp3) is 0.467. The molecule has 2 rings (SSSR count). The minimum absolute atomic E-state index is 0.0338. The predicted octanol–water partition coefficient (Wildman–Crippen LogP) is 2.17. The molecule has 1 aromatic rings. The van der Waals surface area contributed by atoms with E-state index in [9.17, 15) is 9.59 Å². The minimum atomic E-state index is -0.815. The molecule has 0 aromatic heterocycles. The number of carboxylic acid groups (broad SMARTS) is 1. The molecule has 0 saturated carbocycles. The number of hydrogen-bond acceptors (Lipinski definition) is 3. The van der Waals surface area contributed by atoms with Crippen LogP contribution >= 0.6 is 11.8 Å². The van der Waals surface area contributed by atoms with Crippen LogP contribution < -0.4 is 0 Å². The van der Waals surface area contributed by atoms with Crippen molar-refractivity contribution in [3.8, 4) is 0 Å². The number of nitrogens with zero attached hydrogens (tertiary/aromatic N) is 1. The maximum Gasteiger partial charge on any atom is 0.304 e. The lowest BCUT2D eigenvalue weighted by atomic mass is 10.00. The van der Waals surface area contributed by atoms with Gasteiger partial charge in [0.25, 0.3) is 0 Å². The molecule has 0 saturated heterocycles. The van der Waals surface area contributed by atoms with Gasteiger partial charge in [-0.05, 0) is 17.5 Å². The lowest BCUT2D eigenvalue weighted by Crippen LogP contribution is -2.37. The molecular weight excluding hydrogens is 274 g/mol. The van der Waals surface area contributed by atoms with Crippen LogP contribution in [0.1, 0.15) is 24.5 Å². The summed E-state index contributed by atoms with van der Waals surface area (Å²) in [4.78, 5) is 24.6. The molecule has 0 bridgehead atoms. The first-order chi connectivity index (χ1) is 9.56. The van der Waals surface area contributed by atoms with E-state index in [0.29, 0.717) is 12.3 Å². The summed E-state index contributed by atoms with van der Waals surface area (Å²) >= 11 is 1.42. The second kappa shape index (κ2) is 6.79.